The monoisotopic (exact) mass is 264 g/mol. The number of anilines is 1. The van der Waals surface area contributed by atoms with Crippen LogP contribution in [0.5, 0.6) is 0 Å². The van der Waals surface area contributed by atoms with Crippen LogP contribution in [0.1, 0.15) is 19.3 Å². The summed E-state index contributed by atoms with van der Waals surface area (Å²) in [5.74, 6) is 0.570. The molecule has 1 saturated carbocycles. The van der Waals surface area contributed by atoms with Gasteiger partial charge in [0.1, 0.15) is 0 Å². The van der Waals surface area contributed by atoms with Crippen molar-refractivity contribution in [1.82, 2.24) is 0 Å². The van der Waals surface area contributed by atoms with Crippen LogP contribution in [0.25, 0.3) is 0 Å². The molecule has 0 aromatic heterocycles. The standard InChI is InChI=1S/C14H20N2OS/c1-18-13-8-3-2-7-12(13)16-14(17)11-6-4-5-10(11)9-15/h2-3,7-8,10-11H,4-6,9,15H2,1H3,(H,16,17)/t10-,11-/m1/s1. The van der Waals surface area contributed by atoms with Crippen molar-refractivity contribution in [2.75, 3.05) is 18.1 Å². The summed E-state index contributed by atoms with van der Waals surface area (Å²) in [6, 6.07) is 7.91. The van der Waals surface area contributed by atoms with Gasteiger partial charge in [-0.25, -0.2) is 0 Å². The fourth-order valence-corrected chi connectivity index (χ4v) is 3.19. The molecule has 1 amide bonds. The maximum absolute atomic E-state index is 12.3. The Kier molecular flexibility index (Phi) is 4.66. The topological polar surface area (TPSA) is 55.1 Å². The maximum atomic E-state index is 12.3. The molecule has 1 aromatic rings. The quantitative estimate of drug-likeness (QED) is 0.822. The molecule has 2 rings (SSSR count). The summed E-state index contributed by atoms with van der Waals surface area (Å²) in [5.41, 5.74) is 6.64. The highest BCUT2D eigenvalue weighted by molar-refractivity contribution is 7.98. The molecule has 0 unspecified atom stereocenters. The zero-order chi connectivity index (χ0) is 13.0. The molecule has 0 saturated heterocycles. The van der Waals surface area contributed by atoms with Crippen molar-refractivity contribution in [3.05, 3.63) is 24.3 Å². The largest absolute Gasteiger partial charge is 0.330 e. The lowest BCUT2D eigenvalue weighted by molar-refractivity contribution is -0.120. The molecule has 1 aliphatic rings. The number of thioether (sulfide) groups is 1. The normalized spacial score (nSPS) is 23.0. The van der Waals surface area contributed by atoms with Gasteiger partial charge in [0.15, 0.2) is 0 Å². The Hall–Kier alpha value is -1.00. The van der Waals surface area contributed by atoms with Crippen LogP contribution in [0, 0.1) is 11.8 Å². The van der Waals surface area contributed by atoms with Gasteiger partial charge >= 0.3 is 0 Å². The molecule has 0 heterocycles. The van der Waals surface area contributed by atoms with Crippen LogP contribution in [0.4, 0.5) is 5.69 Å². The average molecular weight is 264 g/mol. The van der Waals surface area contributed by atoms with Gasteiger partial charge in [0.05, 0.1) is 5.69 Å². The first-order chi connectivity index (χ1) is 8.76. The van der Waals surface area contributed by atoms with Crippen LogP contribution in [0.15, 0.2) is 29.2 Å². The molecule has 1 aliphatic carbocycles. The number of carbonyl (C=O) groups is 1. The van der Waals surface area contributed by atoms with E-state index in [1.807, 2.05) is 30.5 Å². The minimum atomic E-state index is 0.0879. The SMILES string of the molecule is CSc1ccccc1NC(=O)[C@@H]1CCC[C@@H]1CN. The zero-order valence-electron chi connectivity index (χ0n) is 10.7. The lowest BCUT2D eigenvalue weighted by atomic mass is 9.95. The Bertz CT molecular complexity index is 422. The Morgan fingerprint density at radius 3 is 2.94 bits per heavy atom. The van der Waals surface area contributed by atoms with E-state index in [-0.39, 0.29) is 11.8 Å². The van der Waals surface area contributed by atoms with Gasteiger partial charge < -0.3 is 11.1 Å². The fraction of sp³-hybridized carbons (Fsp3) is 0.500. The summed E-state index contributed by atoms with van der Waals surface area (Å²) in [6.07, 6.45) is 5.18. The smallest absolute Gasteiger partial charge is 0.227 e. The second kappa shape index (κ2) is 6.25. The predicted molar refractivity (Wildman–Crippen MR) is 76.7 cm³/mol. The van der Waals surface area contributed by atoms with Gasteiger partial charge in [-0.2, -0.15) is 0 Å². The summed E-state index contributed by atoms with van der Waals surface area (Å²) < 4.78 is 0. The number of benzene rings is 1. The molecule has 18 heavy (non-hydrogen) atoms. The number of amides is 1. The molecule has 98 valence electrons. The highest BCUT2D eigenvalue weighted by Crippen LogP contribution is 2.33. The average Bonchev–Trinajstić information content (AvgIpc) is 2.87. The molecule has 4 heteroatoms. The Morgan fingerprint density at radius 1 is 1.44 bits per heavy atom. The van der Waals surface area contributed by atoms with Crippen molar-refractivity contribution in [2.24, 2.45) is 17.6 Å². The van der Waals surface area contributed by atoms with E-state index in [0.29, 0.717) is 12.5 Å². The Labute approximate surface area is 113 Å². The molecule has 0 aliphatic heterocycles. The van der Waals surface area contributed by atoms with E-state index in [4.69, 9.17) is 5.73 Å². The third-order valence-electron chi connectivity index (χ3n) is 3.66. The molecule has 1 aromatic carbocycles. The van der Waals surface area contributed by atoms with Crippen molar-refractivity contribution >= 4 is 23.4 Å². The molecular weight excluding hydrogens is 244 g/mol. The maximum Gasteiger partial charge on any atom is 0.227 e. The van der Waals surface area contributed by atoms with Gasteiger partial charge in [0.2, 0.25) is 5.91 Å². The van der Waals surface area contributed by atoms with Crippen LogP contribution in [0.3, 0.4) is 0 Å². The van der Waals surface area contributed by atoms with Crippen LogP contribution in [0.2, 0.25) is 0 Å². The van der Waals surface area contributed by atoms with Crippen LogP contribution < -0.4 is 11.1 Å². The predicted octanol–water partition coefficient (Wildman–Crippen LogP) is 2.72. The summed E-state index contributed by atoms with van der Waals surface area (Å²) in [4.78, 5) is 13.4. The fourth-order valence-electron chi connectivity index (χ4n) is 2.64. The molecule has 3 nitrogen and oxygen atoms in total. The van der Waals surface area contributed by atoms with Gasteiger partial charge in [-0.1, -0.05) is 18.6 Å². The molecular formula is C14H20N2OS. The molecule has 1 fully saturated rings. The number of carbonyl (C=O) groups excluding carboxylic acids is 1. The van der Waals surface area contributed by atoms with E-state index in [2.05, 4.69) is 5.32 Å². The summed E-state index contributed by atoms with van der Waals surface area (Å²) in [5, 5.41) is 3.05. The third-order valence-corrected chi connectivity index (χ3v) is 4.46. The van der Waals surface area contributed by atoms with E-state index < -0.39 is 0 Å². The zero-order valence-corrected chi connectivity index (χ0v) is 11.5. The highest BCUT2D eigenvalue weighted by Gasteiger charge is 2.32. The number of para-hydroxylation sites is 1. The molecule has 0 bridgehead atoms. The third kappa shape index (κ3) is 2.87. The summed E-state index contributed by atoms with van der Waals surface area (Å²) in [6.45, 7) is 0.613. The van der Waals surface area contributed by atoms with Crippen molar-refractivity contribution in [1.29, 1.82) is 0 Å². The van der Waals surface area contributed by atoms with E-state index in [1.165, 1.54) is 0 Å². The van der Waals surface area contributed by atoms with Crippen molar-refractivity contribution in [2.45, 2.75) is 24.2 Å². The number of nitrogens with one attached hydrogen (secondary N) is 1. The lowest BCUT2D eigenvalue weighted by Gasteiger charge is -2.18. The number of hydrogen-bond acceptors (Lipinski definition) is 3. The molecule has 0 radical (unpaired) electrons. The van der Waals surface area contributed by atoms with Crippen molar-refractivity contribution < 1.29 is 4.79 Å². The highest BCUT2D eigenvalue weighted by atomic mass is 32.2. The van der Waals surface area contributed by atoms with Gasteiger partial charge in [-0.3, -0.25) is 4.79 Å². The first-order valence-corrected chi connectivity index (χ1v) is 7.62. The number of nitrogens with two attached hydrogens (primary N) is 1. The van der Waals surface area contributed by atoms with Crippen molar-refractivity contribution in [3.63, 3.8) is 0 Å². The van der Waals surface area contributed by atoms with Gasteiger partial charge in [-0.05, 0) is 43.7 Å². The van der Waals surface area contributed by atoms with Gasteiger partial charge in [0, 0.05) is 10.8 Å². The number of hydrogen-bond donors (Lipinski definition) is 2. The van der Waals surface area contributed by atoms with Crippen LogP contribution in [-0.2, 0) is 4.79 Å². The Balaban J connectivity index is 2.07. The Morgan fingerprint density at radius 2 is 2.22 bits per heavy atom. The van der Waals surface area contributed by atoms with E-state index in [9.17, 15) is 4.79 Å². The summed E-state index contributed by atoms with van der Waals surface area (Å²) in [7, 11) is 0. The van der Waals surface area contributed by atoms with Crippen LogP contribution >= 0.6 is 11.8 Å². The first-order valence-electron chi connectivity index (χ1n) is 6.40. The molecule has 3 N–H and O–H groups in total. The summed E-state index contributed by atoms with van der Waals surface area (Å²) >= 11 is 1.65. The van der Waals surface area contributed by atoms with E-state index >= 15 is 0 Å². The van der Waals surface area contributed by atoms with Gasteiger partial charge in [-0.15, -0.1) is 11.8 Å². The van der Waals surface area contributed by atoms with Crippen molar-refractivity contribution in [3.8, 4) is 0 Å². The first kappa shape index (κ1) is 13.4. The molecule has 0 spiro atoms. The van der Waals surface area contributed by atoms with E-state index in [0.717, 1.165) is 29.8 Å². The van der Waals surface area contributed by atoms with Gasteiger partial charge in [0.25, 0.3) is 0 Å². The molecule has 2 atom stereocenters. The van der Waals surface area contributed by atoms with Crippen LogP contribution in [-0.4, -0.2) is 18.7 Å². The second-order valence-electron chi connectivity index (χ2n) is 4.72. The second-order valence-corrected chi connectivity index (χ2v) is 5.57. The van der Waals surface area contributed by atoms with E-state index in [1.54, 1.807) is 11.8 Å². The minimum absolute atomic E-state index is 0.0879. The number of rotatable bonds is 4. The minimum Gasteiger partial charge on any atom is -0.330 e. The lowest BCUT2D eigenvalue weighted by Crippen LogP contribution is -2.29.